The topological polar surface area (TPSA) is 46.2 Å². The molecule has 0 saturated heterocycles. The monoisotopic (exact) mass is 271 g/mol. The van der Waals surface area contributed by atoms with Gasteiger partial charge in [-0.05, 0) is 18.8 Å². The predicted octanol–water partition coefficient (Wildman–Crippen LogP) is 4.14. The van der Waals surface area contributed by atoms with E-state index in [4.69, 9.17) is 0 Å². The van der Waals surface area contributed by atoms with Crippen LogP contribution in [-0.2, 0) is 4.79 Å². The Labute approximate surface area is 115 Å². The second kappa shape index (κ2) is 10.2. The van der Waals surface area contributed by atoms with Crippen LogP contribution in [0.2, 0.25) is 0 Å². The molecule has 104 valence electrons. The van der Waals surface area contributed by atoms with Gasteiger partial charge in [-0.3, -0.25) is 9.59 Å². The number of amides is 1. The van der Waals surface area contributed by atoms with Crippen molar-refractivity contribution in [2.45, 2.75) is 58.6 Å². The first-order valence-electron chi connectivity index (χ1n) is 6.76. The molecule has 1 amide bonds. The van der Waals surface area contributed by atoms with Gasteiger partial charge in [0, 0.05) is 5.25 Å². The lowest BCUT2D eigenvalue weighted by Crippen LogP contribution is -2.21. The minimum atomic E-state index is -0.106. The van der Waals surface area contributed by atoms with Crippen LogP contribution in [0.4, 0.5) is 4.79 Å². The maximum Gasteiger partial charge on any atom is 0.283 e. The van der Waals surface area contributed by atoms with Gasteiger partial charge in [-0.15, -0.1) is 0 Å². The Kier molecular flexibility index (Phi) is 9.74. The van der Waals surface area contributed by atoms with Crippen LogP contribution < -0.4 is 5.32 Å². The summed E-state index contributed by atoms with van der Waals surface area (Å²) >= 11 is 1.33. The van der Waals surface area contributed by atoms with Crippen LogP contribution in [0.25, 0.3) is 0 Å². The van der Waals surface area contributed by atoms with Gasteiger partial charge >= 0.3 is 0 Å². The zero-order valence-electron chi connectivity index (χ0n) is 11.9. The largest absolute Gasteiger partial charge is 0.314 e. The second-order valence-corrected chi connectivity index (χ2v) is 5.69. The molecule has 0 spiro atoms. The van der Waals surface area contributed by atoms with Crippen LogP contribution in [0.3, 0.4) is 0 Å². The van der Waals surface area contributed by atoms with Crippen LogP contribution >= 0.6 is 11.8 Å². The summed E-state index contributed by atoms with van der Waals surface area (Å²) in [5.74, 6) is 0.261. The van der Waals surface area contributed by atoms with Gasteiger partial charge in [0.05, 0.1) is 5.70 Å². The standard InChI is InChI=1S/C12H19NO2S.C2H6/c1-9(2)7-10(8-14)13-12(15)16-11-5-3-4-6-11;1-2/h7-9,11H,3-6H2,1-2H3,(H,13,15);1-2H3/b10-7+;. The van der Waals surface area contributed by atoms with E-state index in [-0.39, 0.29) is 11.2 Å². The van der Waals surface area contributed by atoms with E-state index in [2.05, 4.69) is 5.32 Å². The van der Waals surface area contributed by atoms with E-state index < -0.39 is 0 Å². The molecule has 4 heteroatoms. The van der Waals surface area contributed by atoms with E-state index in [1.165, 1.54) is 24.6 Å². The molecular weight excluding hydrogens is 246 g/mol. The highest BCUT2D eigenvalue weighted by Gasteiger charge is 2.19. The maximum absolute atomic E-state index is 11.6. The average Bonchev–Trinajstić information content (AvgIpc) is 2.82. The maximum atomic E-state index is 11.6. The normalized spacial score (nSPS) is 16.2. The third-order valence-electron chi connectivity index (χ3n) is 2.46. The van der Waals surface area contributed by atoms with E-state index in [0.29, 0.717) is 17.2 Å². The molecule has 0 aliphatic heterocycles. The molecular formula is C14H25NO2S. The lowest BCUT2D eigenvalue weighted by atomic mass is 10.2. The Balaban J connectivity index is 0.00000137. The van der Waals surface area contributed by atoms with E-state index in [1.54, 1.807) is 6.08 Å². The van der Waals surface area contributed by atoms with Crippen molar-refractivity contribution in [2.75, 3.05) is 0 Å². The number of carbonyl (C=O) groups excluding carboxylic acids is 2. The summed E-state index contributed by atoms with van der Waals surface area (Å²) in [6, 6.07) is 0. The minimum absolute atomic E-state index is 0.106. The Morgan fingerprint density at radius 2 is 1.83 bits per heavy atom. The molecule has 0 aromatic heterocycles. The molecule has 1 aliphatic carbocycles. The first-order chi connectivity index (χ1) is 8.61. The fourth-order valence-electron chi connectivity index (χ4n) is 1.77. The molecule has 0 radical (unpaired) electrons. The molecule has 1 fully saturated rings. The van der Waals surface area contributed by atoms with E-state index in [0.717, 1.165) is 12.8 Å². The van der Waals surface area contributed by atoms with Crippen molar-refractivity contribution >= 4 is 23.3 Å². The number of allylic oxidation sites excluding steroid dienone is 2. The number of carbonyl (C=O) groups is 2. The number of hydrogen-bond acceptors (Lipinski definition) is 3. The quantitative estimate of drug-likeness (QED) is 0.617. The van der Waals surface area contributed by atoms with Crippen LogP contribution in [0.15, 0.2) is 11.8 Å². The summed E-state index contributed by atoms with van der Waals surface area (Å²) in [5, 5.41) is 2.97. The summed E-state index contributed by atoms with van der Waals surface area (Å²) < 4.78 is 0. The fraction of sp³-hybridized carbons (Fsp3) is 0.714. The Bertz CT molecular complexity index is 282. The van der Waals surface area contributed by atoms with Gasteiger partial charge in [-0.1, -0.05) is 58.4 Å². The highest BCUT2D eigenvalue weighted by Crippen LogP contribution is 2.29. The van der Waals surface area contributed by atoms with Crippen molar-refractivity contribution in [2.24, 2.45) is 5.92 Å². The third kappa shape index (κ3) is 7.54. The highest BCUT2D eigenvalue weighted by molar-refractivity contribution is 8.14. The van der Waals surface area contributed by atoms with Gasteiger partial charge in [0.25, 0.3) is 5.24 Å². The van der Waals surface area contributed by atoms with Crippen LogP contribution in [0.5, 0.6) is 0 Å². The first kappa shape index (κ1) is 17.2. The fourth-order valence-corrected chi connectivity index (χ4v) is 2.82. The SMILES string of the molecule is CC.CC(C)/C=C(\C=O)NC(=O)SC1CCCC1. The molecule has 0 atom stereocenters. The first-order valence-corrected chi connectivity index (χ1v) is 7.64. The van der Waals surface area contributed by atoms with Crippen molar-refractivity contribution < 1.29 is 9.59 Å². The van der Waals surface area contributed by atoms with Crippen molar-refractivity contribution in [3.05, 3.63) is 11.8 Å². The van der Waals surface area contributed by atoms with Gasteiger partial charge in [0.2, 0.25) is 0 Å². The van der Waals surface area contributed by atoms with Crippen molar-refractivity contribution in [1.82, 2.24) is 5.32 Å². The summed E-state index contributed by atoms with van der Waals surface area (Å²) in [6.07, 6.45) is 7.12. The van der Waals surface area contributed by atoms with Gasteiger partial charge in [-0.2, -0.15) is 0 Å². The predicted molar refractivity (Wildman–Crippen MR) is 78.7 cm³/mol. The molecule has 0 bridgehead atoms. The van der Waals surface area contributed by atoms with Crippen molar-refractivity contribution in [3.63, 3.8) is 0 Å². The zero-order valence-corrected chi connectivity index (χ0v) is 12.7. The third-order valence-corrected chi connectivity index (χ3v) is 3.58. The summed E-state index contributed by atoms with van der Waals surface area (Å²) in [5.41, 5.74) is 0.380. The lowest BCUT2D eigenvalue weighted by Gasteiger charge is -2.09. The smallest absolute Gasteiger partial charge is 0.283 e. The van der Waals surface area contributed by atoms with Crippen LogP contribution in [0, 0.1) is 5.92 Å². The number of nitrogens with one attached hydrogen (secondary N) is 1. The molecule has 3 nitrogen and oxygen atoms in total. The van der Waals surface area contributed by atoms with Gasteiger partial charge in [0.15, 0.2) is 6.29 Å². The number of hydrogen-bond donors (Lipinski definition) is 1. The zero-order chi connectivity index (χ0) is 14.0. The van der Waals surface area contributed by atoms with E-state index >= 15 is 0 Å². The Morgan fingerprint density at radius 3 is 2.28 bits per heavy atom. The second-order valence-electron chi connectivity index (χ2n) is 4.42. The molecule has 0 aromatic carbocycles. The molecule has 0 aromatic rings. The molecule has 0 unspecified atom stereocenters. The summed E-state index contributed by atoms with van der Waals surface area (Å²) in [4.78, 5) is 22.3. The number of rotatable bonds is 4. The lowest BCUT2D eigenvalue weighted by molar-refractivity contribution is -0.105. The van der Waals surface area contributed by atoms with Crippen LogP contribution in [-0.4, -0.2) is 16.8 Å². The Hall–Kier alpha value is -0.770. The number of aldehydes is 1. The Morgan fingerprint density at radius 1 is 1.28 bits per heavy atom. The highest BCUT2D eigenvalue weighted by atomic mass is 32.2. The van der Waals surface area contributed by atoms with Crippen molar-refractivity contribution in [1.29, 1.82) is 0 Å². The molecule has 1 aliphatic rings. The number of thioether (sulfide) groups is 1. The van der Waals surface area contributed by atoms with Gasteiger partial charge < -0.3 is 5.32 Å². The molecule has 1 N–H and O–H groups in total. The minimum Gasteiger partial charge on any atom is -0.314 e. The van der Waals surface area contributed by atoms with Gasteiger partial charge in [0.1, 0.15) is 0 Å². The van der Waals surface area contributed by atoms with E-state index in [1.807, 2.05) is 27.7 Å². The van der Waals surface area contributed by atoms with E-state index in [9.17, 15) is 9.59 Å². The molecule has 18 heavy (non-hydrogen) atoms. The summed E-state index contributed by atoms with van der Waals surface area (Å²) in [7, 11) is 0. The van der Waals surface area contributed by atoms with Gasteiger partial charge in [-0.25, -0.2) is 0 Å². The average molecular weight is 271 g/mol. The summed E-state index contributed by atoms with van der Waals surface area (Å²) in [6.45, 7) is 7.94. The molecule has 1 rings (SSSR count). The van der Waals surface area contributed by atoms with Crippen molar-refractivity contribution in [3.8, 4) is 0 Å². The van der Waals surface area contributed by atoms with Crippen LogP contribution in [0.1, 0.15) is 53.4 Å². The molecule has 1 saturated carbocycles. The molecule has 0 heterocycles.